The highest BCUT2D eigenvalue weighted by atomic mass is 16.5. The number of H-pyrrole nitrogens is 1. The van der Waals surface area contributed by atoms with Gasteiger partial charge in [-0.1, -0.05) is 66.7 Å². The van der Waals surface area contributed by atoms with Gasteiger partial charge in [0.05, 0.1) is 6.42 Å². The first kappa shape index (κ1) is 19.5. The molecule has 1 atom stereocenters. The molecule has 0 aliphatic heterocycles. The lowest BCUT2D eigenvalue weighted by molar-refractivity contribution is -0.147. The molecule has 0 aliphatic carbocycles. The summed E-state index contributed by atoms with van der Waals surface area (Å²) in [5, 5.41) is 3.99. The number of nitrogens with one attached hydrogen (secondary N) is 2. The summed E-state index contributed by atoms with van der Waals surface area (Å²) in [6.07, 6.45) is 0.835. The van der Waals surface area contributed by atoms with Gasteiger partial charge in [0.15, 0.2) is 6.10 Å². The Kier molecular flexibility index (Phi) is 5.90. The van der Waals surface area contributed by atoms with Crippen LogP contribution in [0.3, 0.4) is 0 Å². The standard InChI is InChI=1S/C25H22N2O3/c28-23(15-16-26-19-11-5-2-6-12-19)30-25(18-9-3-1-4-10-18)24(29)21-17-27-22-14-8-7-13-20(21)22/h1-14,17,25-27H,15-16H2/t25-/m0/s1. The zero-order chi connectivity index (χ0) is 20.8. The number of fused-ring (bicyclic) bond motifs is 1. The molecule has 0 amide bonds. The van der Waals surface area contributed by atoms with Gasteiger partial charge in [0, 0.05) is 40.5 Å². The molecule has 5 heteroatoms. The topological polar surface area (TPSA) is 71.2 Å². The lowest BCUT2D eigenvalue weighted by atomic mass is 9.99. The Hall–Kier alpha value is -3.86. The number of anilines is 1. The first-order chi connectivity index (χ1) is 14.7. The number of benzene rings is 3. The molecule has 4 rings (SSSR count). The number of para-hydroxylation sites is 2. The molecule has 0 fully saturated rings. The van der Waals surface area contributed by atoms with Gasteiger partial charge in [-0.3, -0.25) is 9.59 Å². The molecule has 30 heavy (non-hydrogen) atoms. The molecule has 1 aromatic heterocycles. The minimum atomic E-state index is -0.991. The van der Waals surface area contributed by atoms with Gasteiger partial charge in [-0.25, -0.2) is 0 Å². The van der Waals surface area contributed by atoms with Gasteiger partial charge in [-0.05, 0) is 18.2 Å². The van der Waals surface area contributed by atoms with Gasteiger partial charge in [0.2, 0.25) is 5.78 Å². The third kappa shape index (κ3) is 4.41. The predicted molar refractivity (Wildman–Crippen MR) is 117 cm³/mol. The van der Waals surface area contributed by atoms with Crippen LogP contribution in [0.25, 0.3) is 10.9 Å². The number of ether oxygens (including phenoxy) is 1. The number of ketones is 1. The number of aromatic amines is 1. The van der Waals surface area contributed by atoms with Crippen LogP contribution in [0.5, 0.6) is 0 Å². The number of hydrogen-bond donors (Lipinski definition) is 2. The number of carbonyl (C=O) groups is 2. The minimum absolute atomic E-state index is 0.152. The molecule has 0 saturated carbocycles. The number of carbonyl (C=O) groups excluding carboxylic acids is 2. The van der Waals surface area contributed by atoms with Crippen molar-refractivity contribution in [2.45, 2.75) is 12.5 Å². The Morgan fingerprint density at radius 3 is 2.30 bits per heavy atom. The Bertz CT molecular complexity index is 1140. The van der Waals surface area contributed by atoms with Gasteiger partial charge in [0.25, 0.3) is 0 Å². The summed E-state index contributed by atoms with van der Waals surface area (Å²) in [6, 6.07) is 26.3. The van der Waals surface area contributed by atoms with E-state index in [2.05, 4.69) is 10.3 Å². The van der Waals surface area contributed by atoms with E-state index in [4.69, 9.17) is 4.74 Å². The predicted octanol–water partition coefficient (Wildman–Crippen LogP) is 5.14. The number of esters is 1. The molecule has 3 aromatic carbocycles. The van der Waals surface area contributed by atoms with Crippen molar-refractivity contribution in [2.75, 3.05) is 11.9 Å². The number of hydrogen-bond acceptors (Lipinski definition) is 4. The van der Waals surface area contributed by atoms with Crippen molar-refractivity contribution in [1.29, 1.82) is 0 Å². The van der Waals surface area contributed by atoms with Gasteiger partial charge >= 0.3 is 5.97 Å². The summed E-state index contributed by atoms with van der Waals surface area (Å²) < 4.78 is 5.67. The maximum Gasteiger partial charge on any atom is 0.308 e. The van der Waals surface area contributed by atoms with Crippen LogP contribution in [0, 0.1) is 0 Å². The van der Waals surface area contributed by atoms with E-state index in [0.29, 0.717) is 17.7 Å². The molecule has 2 N–H and O–H groups in total. The fourth-order valence-electron chi connectivity index (χ4n) is 3.37. The highest BCUT2D eigenvalue weighted by Crippen LogP contribution is 2.27. The smallest absolute Gasteiger partial charge is 0.308 e. The van der Waals surface area contributed by atoms with Crippen LogP contribution in [0.2, 0.25) is 0 Å². The molecule has 4 aromatic rings. The van der Waals surface area contributed by atoms with Crippen LogP contribution in [-0.4, -0.2) is 23.3 Å². The molecule has 0 spiro atoms. The molecule has 1 heterocycles. The molecular weight excluding hydrogens is 376 g/mol. The fourth-order valence-corrected chi connectivity index (χ4v) is 3.37. The number of aromatic nitrogens is 1. The minimum Gasteiger partial charge on any atom is -0.449 e. The van der Waals surface area contributed by atoms with Crippen molar-refractivity contribution in [2.24, 2.45) is 0 Å². The maximum atomic E-state index is 13.3. The van der Waals surface area contributed by atoms with E-state index in [9.17, 15) is 9.59 Å². The second-order valence-electron chi connectivity index (χ2n) is 6.94. The van der Waals surface area contributed by atoms with Crippen LogP contribution in [0.15, 0.2) is 91.1 Å². The summed E-state index contributed by atoms with van der Waals surface area (Å²) in [7, 11) is 0. The second-order valence-corrected chi connectivity index (χ2v) is 6.94. The average Bonchev–Trinajstić information content (AvgIpc) is 3.22. The van der Waals surface area contributed by atoms with Gasteiger partial charge in [-0.15, -0.1) is 0 Å². The fraction of sp³-hybridized carbons (Fsp3) is 0.120. The zero-order valence-corrected chi connectivity index (χ0v) is 16.4. The van der Waals surface area contributed by atoms with Crippen LogP contribution in [0.1, 0.15) is 28.4 Å². The maximum absolute atomic E-state index is 13.3. The van der Waals surface area contributed by atoms with E-state index in [0.717, 1.165) is 16.6 Å². The molecule has 0 unspecified atom stereocenters. The van der Waals surface area contributed by atoms with Crippen molar-refractivity contribution in [3.05, 3.63) is 102 Å². The summed E-state index contributed by atoms with van der Waals surface area (Å²) in [6.45, 7) is 0.422. The van der Waals surface area contributed by atoms with E-state index in [1.165, 1.54) is 0 Å². The lowest BCUT2D eigenvalue weighted by Crippen LogP contribution is -2.21. The molecule has 5 nitrogen and oxygen atoms in total. The van der Waals surface area contributed by atoms with Crippen molar-refractivity contribution in [3.63, 3.8) is 0 Å². The second kappa shape index (κ2) is 9.09. The average molecular weight is 398 g/mol. The van der Waals surface area contributed by atoms with E-state index >= 15 is 0 Å². The number of rotatable bonds is 8. The van der Waals surface area contributed by atoms with Crippen LogP contribution in [0.4, 0.5) is 5.69 Å². The van der Waals surface area contributed by atoms with Crippen LogP contribution < -0.4 is 5.32 Å². The SMILES string of the molecule is O=C(CCNc1ccccc1)O[C@H](C(=O)c1c[nH]c2ccccc12)c1ccccc1. The van der Waals surface area contributed by atoms with Gasteiger partial charge < -0.3 is 15.0 Å². The third-order valence-corrected chi connectivity index (χ3v) is 4.88. The number of Topliss-reactive ketones (excluding diaryl/α,β-unsaturated/α-hetero) is 1. The molecule has 150 valence electrons. The van der Waals surface area contributed by atoms with Crippen molar-refractivity contribution in [3.8, 4) is 0 Å². The van der Waals surface area contributed by atoms with E-state index in [1.807, 2.05) is 72.8 Å². The quantitative estimate of drug-likeness (QED) is 0.319. The van der Waals surface area contributed by atoms with Crippen LogP contribution in [-0.2, 0) is 9.53 Å². The third-order valence-electron chi connectivity index (χ3n) is 4.88. The Labute approximate surface area is 174 Å². The van der Waals surface area contributed by atoms with Crippen molar-refractivity contribution in [1.82, 2.24) is 4.98 Å². The summed E-state index contributed by atoms with van der Waals surface area (Å²) >= 11 is 0. The highest BCUT2D eigenvalue weighted by molar-refractivity contribution is 6.10. The molecule has 0 bridgehead atoms. The Morgan fingerprint density at radius 1 is 0.867 bits per heavy atom. The normalized spacial score (nSPS) is 11.7. The van der Waals surface area contributed by atoms with Crippen molar-refractivity contribution < 1.29 is 14.3 Å². The molecular formula is C25H22N2O3. The Balaban J connectivity index is 1.50. The highest BCUT2D eigenvalue weighted by Gasteiger charge is 2.27. The zero-order valence-electron chi connectivity index (χ0n) is 16.4. The van der Waals surface area contributed by atoms with E-state index in [1.54, 1.807) is 18.3 Å². The summed E-state index contributed by atoms with van der Waals surface area (Å²) in [5.74, 6) is -0.677. The largest absolute Gasteiger partial charge is 0.449 e. The monoisotopic (exact) mass is 398 g/mol. The lowest BCUT2D eigenvalue weighted by Gasteiger charge is -2.17. The van der Waals surface area contributed by atoms with Gasteiger partial charge in [0.1, 0.15) is 0 Å². The van der Waals surface area contributed by atoms with Crippen molar-refractivity contribution >= 4 is 28.3 Å². The molecule has 0 aliphatic rings. The summed E-state index contributed by atoms with van der Waals surface area (Å²) in [5.41, 5.74) is 2.96. The molecule has 0 saturated heterocycles. The molecule has 0 radical (unpaired) electrons. The van der Waals surface area contributed by atoms with E-state index < -0.39 is 12.1 Å². The Morgan fingerprint density at radius 2 is 1.53 bits per heavy atom. The summed E-state index contributed by atoms with van der Waals surface area (Å²) in [4.78, 5) is 29.0. The van der Waals surface area contributed by atoms with Crippen LogP contribution >= 0.6 is 0 Å². The first-order valence-electron chi connectivity index (χ1n) is 9.86. The van der Waals surface area contributed by atoms with Gasteiger partial charge in [-0.2, -0.15) is 0 Å². The van der Waals surface area contributed by atoms with E-state index in [-0.39, 0.29) is 12.2 Å². The first-order valence-corrected chi connectivity index (χ1v) is 9.86.